The summed E-state index contributed by atoms with van der Waals surface area (Å²) in [7, 11) is 0. The summed E-state index contributed by atoms with van der Waals surface area (Å²) >= 11 is 3.55. The highest BCUT2D eigenvalue weighted by Gasteiger charge is 2.31. The van der Waals surface area contributed by atoms with Crippen LogP contribution in [0.1, 0.15) is 44.4 Å². The van der Waals surface area contributed by atoms with Gasteiger partial charge in [0.25, 0.3) is 0 Å². The smallest absolute Gasteiger partial charge is 0.129 e. The van der Waals surface area contributed by atoms with Gasteiger partial charge < -0.3 is 4.74 Å². The highest BCUT2D eigenvalue weighted by atomic mass is 79.9. The first-order valence-electron chi connectivity index (χ1n) is 7.55. The Morgan fingerprint density at radius 1 is 1.14 bits per heavy atom. The number of nitrogens with zero attached hydrogens (tertiary/aromatic N) is 1. The Morgan fingerprint density at radius 2 is 1.86 bits per heavy atom. The second-order valence-electron chi connectivity index (χ2n) is 6.34. The third-order valence-corrected chi connectivity index (χ3v) is 4.36. The van der Waals surface area contributed by atoms with Crippen LogP contribution in [0.4, 0.5) is 0 Å². The normalized spacial score (nSPS) is 19.4. The van der Waals surface area contributed by atoms with Gasteiger partial charge in [0.05, 0.1) is 11.8 Å². The second-order valence-corrected chi connectivity index (χ2v) is 7.26. The summed E-state index contributed by atoms with van der Waals surface area (Å²) < 4.78 is 7.14. The van der Waals surface area contributed by atoms with Crippen LogP contribution in [-0.4, -0.2) is 11.3 Å². The number of aliphatic imine (C=N–C) groups is 1. The fraction of sp³-hybridized carbons (Fsp3) is 0.316. The van der Waals surface area contributed by atoms with Crippen molar-refractivity contribution in [2.75, 3.05) is 0 Å². The number of halogens is 1. The fourth-order valence-corrected chi connectivity index (χ4v) is 3.17. The van der Waals surface area contributed by atoms with Crippen LogP contribution in [0.15, 0.2) is 58.0 Å². The Labute approximate surface area is 140 Å². The molecule has 0 radical (unpaired) electrons. The molecule has 1 aliphatic heterocycles. The van der Waals surface area contributed by atoms with Crippen LogP contribution in [0.3, 0.4) is 0 Å². The maximum absolute atomic E-state index is 6.09. The zero-order chi connectivity index (χ0) is 15.7. The van der Waals surface area contributed by atoms with Crippen molar-refractivity contribution in [2.45, 2.75) is 38.8 Å². The van der Waals surface area contributed by atoms with Gasteiger partial charge in [-0.3, -0.25) is 4.99 Å². The predicted molar refractivity (Wildman–Crippen MR) is 94.9 cm³/mol. The molecule has 0 spiro atoms. The Morgan fingerprint density at radius 3 is 2.59 bits per heavy atom. The highest BCUT2D eigenvalue weighted by molar-refractivity contribution is 9.10. The van der Waals surface area contributed by atoms with Crippen LogP contribution in [0.2, 0.25) is 0 Å². The first kappa shape index (κ1) is 15.3. The van der Waals surface area contributed by atoms with Crippen LogP contribution in [-0.2, 0) is 0 Å². The maximum Gasteiger partial charge on any atom is 0.129 e. The van der Waals surface area contributed by atoms with Crippen LogP contribution < -0.4 is 4.74 Å². The SMILES string of the molecule is CC(/N=C1\CC(C)(C)Oc2ccc(Br)cc21)c1ccccc1. The maximum atomic E-state index is 6.09. The molecule has 3 heteroatoms. The van der Waals surface area contributed by atoms with E-state index in [4.69, 9.17) is 9.73 Å². The number of rotatable bonds is 2. The van der Waals surface area contributed by atoms with Crippen molar-refractivity contribution in [1.82, 2.24) is 0 Å². The standard InChI is InChI=1S/C19H20BrNO/c1-13(14-7-5-4-6-8-14)21-17-12-19(2,3)22-18-10-9-15(20)11-16(17)18/h4-11,13H,12H2,1-3H3/b21-17+. The molecule has 0 bridgehead atoms. The average Bonchev–Trinajstić information content (AvgIpc) is 2.48. The molecule has 114 valence electrons. The Kier molecular flexibility index (Phi) is 4.09. The number of fused-ring (bicyclic) bond motifs is 1. The summed E-state index contributed by atoms with van der Waals surface area (Å²) in [5.41, 5.74) is 3.21. The monoisotopic (exact) mass is 357 g/mol. The molecular formula is C19H20BrNO. The molecule has 22 heavy (non-hydrogen) atoms. The summed E-state index contributed by atoms with van der Waals surface area (Å²) in [5, 5.41) is 0. The van der Waals surface area contributed by atoms with E-state index in [1.807, 2.05) is 18.2 Å². The van der Waals surface area contributed by atoms with Crippen LogP contribution in [0.5, 0.6) is 5.75 Å². The molecule has 0 saturated carbocycles. The molecule has 0 N–H and O–H groups in total. The van der Waals surface area contributed by atoms with Crippen molar-refractivity contribution in [3.8, 4) is 5.75 Å². The first-order chi connectivity index (χ1) is 10.4. The topological polar surface area (TPSA) is 21.6 Å². The number of hydrogen-bond acceptors (Lipinski definition) is 2. The number of hydrogen-bond donors (Lipinski definition) is 0. The van der Waals surface area contributed by atoms with E-state index in [-0.39, 0.29) is 11.6 Å². The quantitative estimate of drug-likeness (QED) is 0.689. The summed E-state index contributed by atoms with van der Waals surface area (Å²) in [4.78, 5) is 5.00. The zero-order valence-electron chi connectivity index (χ0n) is 13.1. The van der Waals surface area contributed by atoms with Gasteiger partial charge in [0, 0.05) is 16.5 Å². The van der Waals surface area contributed by atoms with E-state index in [1.54, 1.807) is 0 Å². The van der Waals surface area contributed by atoms with Gasteiger partial charge in [0.2, 0.25) is 0 Å². The lowest BCUT2D eigenvalue weighted by molar-refractivity contribution is 0.111. The van der Waals surface area contributed by atoms with E-state index >= 15 is 0 Å². The Bertz CT molecular complexity index is 707. The van der Waals surface area contributed by atoms with Gasteiger partial charge in [-0.15, -0.1) is 0 Å². The minimum absolute atomic E-state index is 0.136. The van der Waals surface area contributed by atoms with Gasteiger partial charge in [-0.2, -0.15) is 0 Å². The molecule has 0 amide bonds. The van der Waals surface area contributed by atoms with Gasteiger partial charge in [0.1, 0.15) is 11.4 Å². The van der Waals surface area contributed by atoms with Gasteiger partial charge in [-0.25, -0.2) is 0 Å². The van der Waals surface area contributed by atoms with E-state index < -0.39 is 0 Å². The van der Waals surface area contributed by atoms with E-state index in [9.17, 15) is 0 Å². The van der Waals surface area contributed by atoms with E-state index in [2.05, 4.69) is 67.0 Å². The van der Waals surface area contributed by atoms with Gasteiger partial charge in [0.15, 0.2) is 0 Å². The molecule has 3 rings (SSSR count). The Balaban J connectivity index is 2.02. The van der Waals surface area contributed by atoms with Crippen molar-refractivity contribution >= 4 is 21.6 Å². The third kappa shape index (κ3) is 3.25. The van der Waals surface area contributed by atoms with Crippen molar-refractivity contribution in [3.05, 3.63) is 64.1 Å². The lowest BCUT2D eigenvalue weighted by atomic mass is 9.92. The molecule has 1 unspecified atom stereocenters. The summed E-state index contributed by atoms with van der Waals surface area (Å²) in [5.74, 6) is 0.915. The van der Waals surface area contributed by atoms with Crippen molar-refractivity contribution < 1.29 is 4.74 Å². The molecule has 1 atom stereocenters. The molecular weight excluding hydrogens is 338 g/mol. The second kappa shape index (κ2) is 5.88. The van der Waals surface area contributed by atoms with E-state index in [0.717, 1.165) is 27.9 Å². The lowest BCUT2D eigenvalue weighted by Crippen LogP contribution is -2.36. The van der Waals surface area contributed by atoms with Crippen molar-refractivity contribution in [1.29, 1.82) is 0 Å². The number of benzene rings is 2. The molecule has 0 fully saturated rings. The molecule has 0 aromatic heterocycles. The number of ether oxygens (including phenoxy) is 1. The minimum atomic E-state index is -0.226. The Hall–Kier alpha value is -1.61. The van der Waals surface area contributed by atoms with E-state index in [0.29, 0.717) is 0 Å². The molecule has 0 aliphatic carbocycles. The van der Waals surface area contributed by atoms with Crippen molar-refractivity contribution in [2.24, 2.45) is 4.99 Å². The van der Waals surface area contributed by atoms with Crippen molar-refractivity contribution in [3.63, 3.8) is 0 Å². The predicted octanol–water partition coefficient (Wildman–Crippen LogP) is 5.56. The first-order valence-corrected chi connectivity index (χ1v) is 8.34. The van der Waals surface area contributed by atoms with Gasteiger partial charge >= 0.3 is 0 Å². The van der Waals surface area contributed by atoms with Crippen LogP contribution >= 0.6 is 15.9 Å². The zero-order valence-corrected chi connectivity index (χ0v) is 14.7. The molecule has 2 aromatic rings. The molecule has 1 heterocycles. The highest BCUT2D eigenvalue weighted by Crippen LogP contribution is 2.36. The third-order valence-electron chi connectivity index (χ3n) is 3.86. The molecule has 0 saturated heterocycles. The van der Waals surface area contributed by atoms with Gasteiger partial charge in [-0.1, -0.05) is 46.3 Å². The average molecular weight is 358 g/mol. The molecule has 2 nitrogen and oxygen atoms in total. The van der Waals surface area contributed by atoms with E-state index in [1.165, 1.54) is 5.56 Å². The molecule has 2 aromatic carbocycles. The summed E-state index contributed by atoms with van der Waals surface area (Å²) in [6.07, 6.45) is 0.813. The summed E-state index contributed by atoms with van der Waals surface area (Å²) in [6.45, 7) is 6.36. The van der Waals surface area contributed by atoms with Crippen LogP contribution in [0.25, 0.3) is 0 Å². The lowest BCUT2D eigenvalue weighted by Gasteiger charge is -2.34. The summed E-state index contributed by atoms with van der Waals surface area (Å²) in [6, 6.07) is 16.7. The van der Waals surface area contributed by atoms with Gasteiger partial charge in [-0.05, 0) is 44.5 Å². The van der Waals surface area contributed by atoms with Crippen LogP contribution in [0, 0.1) is 0 Å². The fourth-order valence-electron chi connectivity index (χ4n) is 2.80. The molecule has 1 aliphatic rings. The minimum Gasteiger partial charge on any atom is -0.487 e. The largest absolute Gasteiger partial charge is 0.487 e.